The molecular formula is C72H51N5. The Labute approximate surface area is 446 Å². The van der Waals surface area contributed by atoms with Crippen molar-refractivity contribution in [2.24, 2.45) is 0 Å². The molecule has 0 unspecified atom stereocenters. The van der Waals surface area contributed by atoms with Crippen LogP contribution in [0.2, 0.25) is 0 Å². The molecule has 3 aliphatic rings. The third-order valence-corrected chi connectivity index (χ3v) is 18.7. The van der Waals surface area contributed by atoms with E-state index in [-0.39, 0.29) is 16.2 Å². The Bertz CT molecular complexity index is 4770. The highest BCUT2D eigenvalue weighted by Gasteiger charge is 2.41. The summed E-state index contributed by atoms with van der Waals surface area (Å²) >= 11 is 0. The first-order valence-electron chi connectivity index (χ1n) is 26.9. The summed E-state index contributed by atoms with van der Waals surface area (Å²) in [5, 5.41) is 31.3. The van der Waals surface area contributed by atoms with Crippen LogP contribution in [0.4, 0.5) is 0 Å². The van der Waals surface area contributed by atoms with Crippen LogP contribution in [-0.4, -0.2) is 13.7 Å². The molecule has 0 saturated carbocycles. The smallest absolute Gasteiger partial charge is 0.104 e. The van der Waals surface area contributed by atoms with E-state index in [9.17, 15) is 10.5 Å². The van der Waals surface area contributed by atoms with Gasteiger partial charge < -0.3 is 13.7 Å². The van der Waals surface area contributed by atoms with Gasteiger partial charge in [-0.25, -0.2) is 0 Å². The number of hydrogen-bond donors (Lipinski definition) is 0. The first-order valence-corrected chi connectivity index (χ1v) is 26.9. The minimum atomic E-state index is -0.297. The van der Waals surface area contributed by atoms with Crippen LogP contribution in [0.25, 0.3) is 116 Å². The highest BCUT2D eigenvalue weighted by Crippen LogP contribution is 2.56. The topological polar surface area (TPSA) is 62.4 Å². The largest absolute Gasteiger partial charge is 0.307 e. The van der Waals surface area contributed by atoms with Gasteiger partial charge in [-0.05, 0) is 134 Å². The van der Waals surface area contributed by atoms with Crippen LogP contribution in [0.1, 0.15) is 91.6 Å². The van der Waals surface area contributed by atoms with Crippen molar-refractivity contribution < 1.29 is 0 Å². The average Bonchev–Trinajstić information content (AvgIpc) is 4.40. The lowest BCUT2D eigenvalue weighted by Crippen LogP contribution is -2.16. The molecule has 0 amide bonds. The predicted molar refractivity (Wildman–Crippen MR) is 316 cm³/mol. The van der Waals surface area contributed by atoms with Crippen molar-refractivity contribution in [1.82, 2.24) is 13.7 Å². The first kappa shape index (κ1) is 43.9. The molecule has 364 valence electrons. The number of nitriles is 2. The fourth-order valence-electron chi connectivity index (χ4n) is 15.0. The summed E-state index contributed by atoms with van der Waals surface area (Å²) in [5.41, 5.74) is 24.0. The van der Waals surface area contributed by atoms with Crippen molar-refractivity contribution in [3.8, 4) is 62.6 Å². The Morgan fingerprint density at radius 1 is 0.299 bits per heavy atom. The van der Waals surface area contributed by atoms with Crippen molar-refractivity contribution >= 4 is 65.4 Å². The lowest BCUT2D eigenvalue weighted by Gasteiger charge is -2.26. The fourth-order valence-corrected chi connectivity index (χ4v) is 15.0. The second-order valence-corrected chi connectivity index (χ2v) is 23.5. The molecule has 16 rings (SSSR count). The van der Waals surface area contributed by atoms with E-state index in [0.29, 0.717) is 16.8 Å². The van der Waals surface area contributed by atoms with E-state index in [0.717, 1.165) is 82.4 Å². The van der Waals surface area contributed by atoms with Crippen LogP contribution in [0.5, 0.6) is 0 Å². The molecule has 77 heavy (non-hydrogen) atoms. The average molecular weight is 986 g/mol. The highest BCUT2D eigenvalue weighted by molar-refractivity contribution is 6.16. The van der Waals surface area contributed by atoms with Crippen molar-refractivity contribution in [2.45, 2.75) is 64.7 Å². The van der Waals surface area contributed by atoms with Gasteiger partial charge in [-0.3, -0.25) is 0 Å². The van der Waals surface area contributed by atoms with Crippen LogP contribution in [0.3, 0.4) is 0 Å². The number of aromatic nitrogens is 3. The molecule has 3 aromatic heterocycles. The highest BCUT2D eigenvalue weighted by atomic mass is 15.1. The zero-order valence-electron chi connectivity index (χ0n) is 44.1. The van der Waals surface area contributed by atoms with Crippen LogP contribution in [-0.2, 0) is 16.2 Å². The van der Waals surface area contributed by atoms with Gasteiger partial charge in [0.1, 0.15) is 23.3 Å². The quantitative estimate of drug-likeness (QED) is 0.177. The second-order valence-electron chi connectivity index (χ2n) is 23.5. The second kappa shape index (κ2) is 14.7. The minimum absolute atomic E-state index is 0.275. The number of para-hydroxylation sites is 3. The number of fused-ring (bicyclic) bond motifs is 18. The first-order chi connectivity index (χ1) is 37.3. The molecule has 0 atom stereocenters. The van der Waals surface area contributed by atoms with Gasteiger partial charge in [-0.1, -0.05) is 169 Å². The van der Waals surface area contributed by atoms with Crippen LogP contribution < -0.4 is 0 Å². The summed E-state index contributed by atoms with van der Waals surface area (Å²) in [6, 6.07) is 72.3. The van der Waals surface area contributed by atoms with Crippen LogP contribution >= 0.6 is 0 Å². The summed E-state index contributed by atoms with van der Waals surface area (Å²) < 4.78 is 7.00. The number of nitrogens with zero attached hydrogens (tertiary/aromatic N) is 5. The van der Waals surface area contributed by atoms with Gasteiger partial charge in [0.2, 0.25) is 0 Å². The summed E-state index contributed by atoms with van der Waals surface area (Å²) in [5.74, 6) is 0. The summed E-state index contributed by atoms with van der Waals surface area (Å²) in [4.78, 5) is 0. The number of benzene rings is 10. The molecule has 0 radical (unpaired) electrons. The molecule has 0 spiro atoms. The standard InChI is InChI=1S/C72H51N5/c1-40-67(75-61-29-17-11-23-44(61)50-32-47-41-20-8-14-26-55(41)70(2,3)58(47)35-64(50)75)53(38-73)69(77-63-31-19-13-25-46(63)52-34-49-43-22-10-16-28-57(43)72(6,7)60(49)37-66(52)77)54(39-74)68(40)76-62-30-18-12-24-45(62)51-33-48-42-21-9-15-27-56(42)71(4,5)59(48)36-65(51)76/h8-37H,1-7H3. The van der Waals surface area contributed by atoms with E-state index >= 15 is 0 Å². The maximum absolute atomic E-state index is 12.4. The van der Waals surface area contributed by atoms with Gasteiger partial charge >= 0.3 is 0 Å². The van der Waals surface area contributed by atoms with Gasteiger partial charge in [0, 0.05) is 48.6 Å². The molecule has 0 fully saturated rings. The molecule has 13 aromatic rings. The maximum atomic E-state index is 12.4. The molecule has 5 nitrogen and oxygen atoms in total. The zero-order valence-corrected chi connectivity index (χ0v) is 44.1. The van der Waals surface area contributed by atoms with Crippen molar-refractivity contribution in [3.63, 3.8) is 0 Å². The van der Waals surface area contributed by atoms with E-state index in [1.54, 1.807) is 0 Å². The monoisotopic (exact) mass is 985 g/mol. The molecular weight excluding hydrogens is 935 g/mol. The maximum Gasteiger partial charge on any atom is 0.104 e. The molecule has 0 aliphatic heterocycles. The van der Waals surface area contributed by atoms with Crippen LogP contribution in [0.15, 0.2) is 182 Å². The Kier molecular flexibility index (Phi) is 8.39. The fraction of sp³-hybridized carbons (Fsp3) is 0.139. The minimum Gasteiger partial charge on any atom is -0.307 e. The summed E-state index contributed by atoms with van der Waals surface area (Å²) in [6.45, 7) is 16.1. The van der Waals surface area contributed by atoms with E-state index in [1.807, 2.05) is 0 Å². The predicted octanol–water partition coefficient (Wildman–Crippen LogP) is 17.9. The van der Waals surface area contributed by atoms with E-state index in [2.05, 4.69) is 256 Å². The number of hydrogen-bond acceptors (Lipinski definition) is 2. The number of rotatable bonds is 3. The van der Waals surface area contributed by atoms with Gasteiger partial charge in [-0.15, -0.1) is 0 Å². The summed E-state index contributed by atoms with van der Waals surface area (Å²) in [7, 11) is 0. The lowest BCUT2D eigenvalue weighted by atomic mass is 9.82. The van der Waals surface area contributed by atoms with Gasteiger partial charge in [0.15, 0.2) is 0 Å². The van der Waals surface area contributed by atoms with Crippen LogP contribution in [0, 0.1) is 29.6 Å². The SMILES string of the molecule is Cc1c(-n2c3ccccc3c3cc4c(cc32)C(C)(C)c2ccccc2-4)c(C#N)c(-n2c3ccccc3c3cc4c(cc32)C(C)(C)c2ccccc2-4)c(C#N)c1-n1c2ccccc2c2cc3c(cc21)C(C)(C)c1ccccc1-3. The Morgan fingerprint density at radius 2 is 0.584 bits per heavy atom. The molecule has 5 heteroatoms. The van der Waals surface area contributed by atoms with Gasteiger partial charge in [0.25, 0.3) is 0 Å². The van der Waals surface area contributed by atoms with E-state index in [1.165, 1.54) is 66.8 Å². The van der Waals surface area contributed by atoms with E-state index in [4.69, 9.17) is 0 Å². The Balaban J connectivity index is 1.11. The molecule has 3 heterocycles. The van der Waals surface area contributed by atoms with Crippen molar-refractivity contribution in [1.29, 1.82) is 10.5 Å². The molecule has 0 saturated heterocycles. The third-order valence-electron chi connectivity index (χ3n) is 18.7. The van der Waals surface area contributed by atoms with Crippen molar-refractivity contribution in [3.05, 3.63) is 232 Å². The van der Waals surface area contributed by atoms with Crippen molar-refractivity contribution in [2.75, 3.05) is 0 Å². The normalized spacial score (nSPS) is 15.0. The third kappa shape index (κ3) is 5.31. The molecule has 10 aromatic carbocycles. The van der Waals surface area contributed by atoms with E-state index < -0.39 is 0 Å². The zero-order chi connectivity index (χ0) is 52.2. The molecule has 0 N–H and O–H groups in total. The Morgan fingerprint density at radius 3 is 0.909 bits per heavy atom. The van der Waals surface area contributed by atoms with Gasteiger partial charge in [0.05, 0.1) is 50.2 Å². The Hall–Kier alpha value is -9.42. The molecule has 3 aliphatic carbocycles. The lowest BCUT2D eigenvalue weighted by molar-refractivity contribution is 0.661. The summed E-state index contributed by atoms with van der Waals surface area (Å²) in [6.07, 6.45) is 0. The molecule has 0 bridgehead atoms. The van der Waals surface area contributed by atoms with Gasteiger partial charge in [-0.2, -0.15) is 10.5 Å².